The lowest BCUT2D eigenvalue weighted by Gasteiger charge is -2.08. The normalized spacial score (nSPS) is 10.4. The van der Waals surface area contributed by atoms with Gasteiger partial charge in [0.05, 0.1) is 0 Å². The Morgan fingerprint density at radius 2 is 1.24 bits per heavy atom. The molecule has 0 aliphatic heterocycles. The monoisotopic (exact) mass is 378 g/mol. The predicted molar refractivity (Wildman–Crippen MR) is 97.5 cm³/mol. The standard InChI is InChI=1S/C19H16F2O2S2/c1-12(2)17(19(23)25-16-9-5-14(21)6-10-16)11-18(22)24-15-7-3-13(20)4-8-15/h3-10H,11H2,1-2H3. The fourth-order valence-corrected chi connectivity index (χ4v) is 3.58. The lowest BCUT2D eigenvalue weighted by Crippen LogP contribution is -2.05. The number of rotatable bonds is 5. The van der Waals surface area contributed by atoms with Gasteiger partial charge in [0, 0.05) is 21.8 Å². The van der Waals surface area contributed by atoms with Gasteiger partial charge >= 0.3 is 0 Å². The molecule has 2 rings (SSSR count). The van der Waals surface area contributed by atoms with E-state index in [9.17, 15) is 18.4 Å². The molecule has 2 nitrogen and oxygen atoms in total. The van der Waals surface area contributed by atoms with Crippen molar-refractivity contribution >= 4 is 33.8 Å². The molecular formula is C19H16F2O2S2. The number of benzene rings is 2. The number of carbonyl (C=O) groups excluding carboxylic acids is 2. The molecule has 0 N–H and O–H groups in total. The third-order valence-electron chi connectivity index (χ3n) is 3.24. The van der Waals surface area contributed by atoms with Crippen molar-refractivity contribution in [3.05, 3.63) is 71.3 Å². The molecule has 6 heteroatoms. The van der Waals surface area contributed by atoms with Crippen LogP contribution >= 0.6 is 23.5 Å². The molecule has 2 aromatic carbocycles. The zero-order chi connectivity index (χ0) is 18.4. The van der Waals surface area contributed by atoms with Crippen LogP contribution in [0.1, 0.15) is 20.3 Å². The predicted octanol–water partition coefficient (Wildman–Crippen LogP) is 5.63. The molecule has 0 aromatic heterocycles. The van der Waals surface area contributed by atoms with E-state index in [-0.39, 0.29) is 28.3 Å². The second kappa shape index (κ2) is 8.97. The van der Waals surface area contributed by atoms with Gasteiger partial charge in [-0.2, -0.15) is 0 Å². The highest BCUT2D eigenvalue weighted by Gasteiger charge is 2.18. The first kappa shape index (κ1) is 19.4. The highest BCUT2D eigenvalue weighted by molar-refractivity contribution is 8.14. The number of halogens is 2. The lowest BCUT2D eigenvalue weighted by atomic mass is 10.1. The maximum Gasteiger partial charge on any atom is 0.220 e. The van der Waals surface area contributed by atoms with Gasteiger partial charge in [0.25, 0.3) is 0 Å². The van der Waals surface area contributed by atoms with Crippen molar-refractivity contribution in [3.63, 3.8) is 0 Å². The van der Waals surface area contributed by atoms with Gasteiger partial charge in [-0.25, -0.2) is 8.78 Å². The molecular weight excluding hydrogens is 362 g/mol. The van der Waals surface area contributed by atoms with Crippen molar-refractivity contribution in [1.82, 2.24) is 0 Å². The molecule has 0 spiro atoms. The molecule has 0 saturated carbocycles. The molecule has 0 bridgehead atoms. The van der Waals surface area contributed by atoms with Crippen LogP contribution < -0.4 is 0 Å². The van der Waals surface area contributed by atoms with Gasteiger partial charge in [-0.3, -0.25) is 9.59 Å². The Kier molecular flexibility index (Phi) is 6.96. The van der Waals surface area contributed by atoms with E-state index in [1.165, 1.54) is 48.5 Å². The van der Waals surface area contributed by atoms with Crippen molar-refractivity contribution in [2.24, 2.45) is 0 Å². The van der Waals surface area contributed by atoms with Crippen LogP contribution in [0.2, 0.25) is 0 Å². The average molecular weight is 378 g/mol. The van der Waals surface area contributed by atoms with E-state index in [4.69, 9.17) is 0 Å². The SMILES string of the molecule is CC(C)=C(CC(=O)Sc1ccc(F)cc1)C(=O)Sc1ccc(F)cc1. The molecule has 25 heavy (non-hydrogen) atoms. The quantitative estimate of drug-likeness (QED) is 0.499. The maximum atomic E-state index is 12.9. The zero-order valence-electron chi connectivity index (χ0n) is 13.7. The topological polar surface area (TPSA) is 34.1 Å². The van der Waals surface area contributed by atoms with Crippen LogP contribution in [0, 0.1) is 11.6 Å². The van der Waals surface area contributed by atoms with E-state index in [1.807, 2.05) is 0 Å². The van der Waals surface area contributed by atoms with Gasteiger partial charge < -0.3 is 0 Å². The summed E-state index contributed by atoms with van der Waals surface area (Å²) in [6.45, 7) is 3.54. The minimum absolute atomic E-state index is 0.0165. The number of carbonyl (C=O) groups is 2. The summed E-state index contributed by atoms with van der Waals surface area (Å²) in [5.41, 5.74) is 1.18. The third-order valence-corrected chi connectivity index (χ3v) is 5.06. The second-order valence-corrected chi connectivity index (χ2v) is 7.60. The van der Waals surface area contributed by atoms with Gasteiger partial charge in [0.15, 0.2) is 5.12 Å². The molecule has 0 amide bonds. The van der Waals surface area contributed by atoms with Crippen molar-refractivity contribution in [2.45, 2.75) is 30.1 Å². The highest BCUT2D eigenvalue weighted by Crippen LogP contribution is 2.29. The number of hydrogen-bond donors (Lipinski definition) is 0. The van der Waals surface area contributed by atoms with Gasteiger partial charge in [0.1, 0.15) is 11.6 Å². The molecule has 0 fully saturated rings. The van der Waals surface area contributed by atoms with Gasteiger partial charge in [-0.1, -0.05) is 17.3 Å². The minimum atomic E-state index is -0.370. The van der Waals surface area contributed by atoms with E-state index in [0.717, 1.165) is 29.1 Å². The van der Waals surface area contributed by atoms with Gasteiger partial charge in [-0.05, 0) is 74.1 Å². The van der Waals surface area contributed by atoms with E-state index in [2.05, 4.69) is 0 Å². The number of hydrogen-bond acceptors (Lipinski definition) is 4. The summed E-state index contributed by atoms with van der Waals surface area (Å²) in [5.74, 6) is -0.738. The van der Waals surface area contributed by atoms with Crippen molar-refractivity contribution in [1.29, 1.82) is 0 Å². The Balaban J connectivity index is 2.03. The summed E-state index contributed by atoms with van der Waals surface area (Å²) >= 11 is 1.94. The molecule has 2 aromatic rings. The van der Waals surface area contributed by atoms with E-state index < -0.39 is 0 Å². The minimum Gasteiger partial charge on any atom is -0.286 e. The van der Waals surface area contributed by atoms with Crippen LogP contribution in [0.3, 0.4) is 0 Å². The molecule has 0 aliphatic carbocycles. The van der Waals surface area contributed by atoms with E-state index in [1.54, 1.807) is 13.8 Å². The molecule has 0 unspecified atom stereocenters. The third kappa shape index (κ3) is 6.14. The Hall–Kier alpha value is -1.92. The Morgan fingerprint density at radius 1 is 0.800 bits per heavy atom. The van der Waals surface area contributed by atoms with E-state index in [0.29, 0.717) is 15.4 Å². The van der Waals surface area contributed by atoms with Crippen LogP contribution in [0.5, 0.6) is 0 Å². The Bertz CT molecular complexity index is 793. The Morgan fingerprint density at radius 3 is 1.68 bits per heavy atom. The first-order chi connectivity index (χ1) is 11.8. The fourth-order valence-electron chi connectivity index (χ4n) is 1.94. The van der Waals surface area contributed by atoms with E-state index >= 15 is 0 Å². The first-order valence-electron chi connectivity index (χ1n) is 7.45. The summed E-state index contributed by atoms with van der Waals surface area (Å²) < 4.78 is 25.8. The summed E-state index contributed by atoms with van der Waals surface area (Å²) in [4.78, 5) is 25.9. The smallest absolute Gasteiger partial charge is 0.220 e. The highest BCUT2D eigenvalue weighted by atomic mass is 32.2. The molecule has 0 atom stereocenters. The van der Waals surface area contributed by atoms with Crippen molar-refractivity contribution in [2.75, 3.05) is 0 Å². The summed E-state index contributed by atoms with van der Waals surface area (Å²) in [6, 6.07) is 11.2. The molecule has 0 aliphatic rings. The van der Waals surface area contributed by atoms with Crippen molar-refractivity contribution < 1.29 is 18.4 Å². The van der Waals surface area contributed by atoms with Gasteiger partial charge in [-0.15, -0.1) is 0 Å². The lowest BCUT2D eigenvalue weighted by molar-refractivity contribution is -0.112. The molecule has 0 heterocycles. The molecule has 0 radical (unpaired) electrons. The number of allylic oxidation sites excluding steroid dienone is 1. The first-order valence-corrected chi connectivity index (χ1v) is 9.09. The van der Waals surface area contributed by atoms with Crippen LogP contribution in [-0.2, 0) is 9.59 Å². The maximum absolute atomic E-state index is 12.9. The summed E-state index contributed by atoms with van der Waals surface area (Å²) in [6.07, 6.45) is -0.0165. The van der Waals surface area contributed by atoms with Crippen LogP contribution in [-0.4, -0.2) is 10.2 Å². The summed E-state index contributed by atoms with van der Waals surface area (Å²) in [7, 11) is 0. The largest absolute Gasteiger partial charge is 0.286 e. The van der Waals surface area contributed by atoms with Crippen LogP contribution in [0.25, 0.3) is 0 Å². The van der Waals surface area contributed by atoms with Crippen LogP contribution in [0.15, 0.2) is 69.5 Å². The zero-order valence-corrected chi connectivity index (χ0v) is 15.3. The van der Waals surface area contributed by atoms with Crippen LogP contribution in [0.4, 0.5) is 8.78 Å². The summed E-state index contributed by atoms with van der Waals surface area (Å²) in [5, 5.41) is -0.435. The van der Waals surface area contributed by atoms with Crippen molar-refractivity contribution in [3.8, 4) is 0 Å². The Labute approximate surface area is 153 Å². The molecule has 0 saturated heterocycles. The molecule has 130 valence electrons. The van der Waals surface area contributed by atoms with Gasteiger partial charge in [0.2, 0.25) is 5.12 Å². The second-order valence-electron chi connectivity index (χ2n) is 5.43. The fraction of sp³-hybridized carbons (Fsp3) is 0.158. The number of thioether (sulfide) groups is 2. The average Bonchev–Trinajstić information content (AvgIpc) is 2.56.